The molecule has 0 aliphatic carbocycles. The molecule has 1 aromatic rings. The number of ether oxygens (including phenoxy) is 1. The van der Waals surface area contributed by atoms with Gasteiger partial charge >= 0.3 is 6.18 Å². The average molecular weight is 230 g/mol. The van der Waals surface area contributed by atoms with Gasteiger partial charge in [0.2, 0.25) is 0 Å². The third kappa shape index (κ3) is 3.81. The Kier molecular flexibility index (Phi) is 4.29. The summed E-state index contributed by atoms with van der Waals surface area (Å²) in [5, 5.41) is 8.70. The summed E-state index contributed by atoms with van der Waals surface area (Å²) in [7, 11) is 2.83. The molecule has 0 bridgehead atoms. The Morgan fingerprint density at radius 1 is 1.31 bits per heavy atom. The zero-order valence-corrected chi connectivity index (χ0v) is 8.79. The molecule has 0 aliphatic rings. The third-order valence-corrected chi connectivity index (χ3v) is 2.12. The van der Waals surface area contributed by atoms with E-state index in [1.165, 1.54) is 0 Å². The lowest BCUT2D eigenvalue weighted by Crippen LogP contribution is -2.34. The normalized spacial score (nSPS) is 13.2. The zero-order valence-electron chi connectivity index (χ0n) is 8.79. The van der Waals surface area contributed by atoms with Crippen LogP contribution in [0.5, 0.6) is 5.75 Å². The number of hydrogen-bond acceptors (Lipinski definition) is 2. The van der Waals surface area contributed by atoms with Gasteiger partial charge in [-0.2, -0.15) is 13.2 Å². The highest BCUT2D eigenvalue weighted by Crippen LogP contribution is 2.20. The molecule has 0 saturated heterocycles. The molecule has 7 heteroatoms. The molecule has 1 atom stereocenters. The molecule has 16 heavy (non-hydrogen) atoms. The van der Waals surface area contributed by atoms with Gasteiger partial charge in [-0.1, -0.05) is 17.6 Å². The first kappa shape index (κ1) is 13.0. The van der Waals surface area contributed by atoms with Crippen LogP contribution >= 0.6 is 0 Å². The van der Waals surface area contributed by atoms with Crippen molar-refractivity contribution in [2.24, 2.45) is 0 Å². The zero-order chi connectivity index (χ0) is 12.2. The molecule has 0 fully saturated rings. The molecule has 0 saturated carbocycles. The van der Waals surface area contributed by atoms with E-state index in [1.54, 1.807) is 24.3 Å². The monoisotopic (exact) mass is 230 g/mol. The Morgan fingerprint density at radius 3 is 2.31 bits per heavy atom. The number of rotatable bonds is 4. The molecule has 1 rings (SSSR count). The fourth-order valence-corrected chi connectivity index (χ4v) is 1.09. The van der Waals surface area contributed by atoms with Crippen molar-refractivity contribution in [1.82, 2.24) is 0 Å². The van der Waals surface area contributed by atoms with Gasteiger partial charge in [-0.15, -0.1) is 0 Å². The van der Waals surface area contributed by atoms with E-state index in [-0.39, 0.29) is 0 Å². The molecule has 0 radical (unpaired) electrons. The van der Waals surface area contributed by atoms with Crippen molar-refractivity contribution >= 4 is 20.4 Å². The lowest BCUT2D eigenvalue weighted by Gasteiger charge is -2.15. The predicted molar refractivity (Wildman–Crippen MR) is 59.3 cm³/mol. The predicted octanol–water partition coefficient (Wildman–Crippen LogP) is -0.402. The van der Waals surface area contributed by atoms with Crippen molar-refractivity contribution < 1.29 is 23.0 Å². The minimum absolute atomic E-state index is 0.320. The second-order valence-corrected chi connectivity index (χ2v) is 3.37. The molecule has 0 aliphatic heterocycles. The fraction of sp³-hybridized carbons (Fsp3) is 0.333. The Hall–Kier alpha value is -1.10. The molecule has 0 heterocycles. The number of alkyl halides is 3. The van der Waals surface area contributed by atoms with Gasteiger partial charge in [0, 0.05) is 0 Å². The van der Waals surface area contributed by atoms with E-state index in [1.807, 2.05) is 7.74 Å². The number of aliphatic hydroxyl groups excluding tert-OH is 1. The van der Waals surface area contributed by atoms with Crippen molar-refractivity contribution in [2.75, 3.05) is 6.61 Å². The fourth-order valence-electron chi connectivity index (χ4n) is 1.09. The van der Waals surface area contributed by atoms with Crippen LogP contribution in [0.3, 0.4) is 0 Å². The maximum Gasteiger partial charge on any atom is 0.417 e. The summed E-state index contributed by atoms with van der Waals surface area (Å²) in [5.41, 5.74) is 1.07. The average Bonchev–Trinajstić information content (AvgIpc) is 2.25. The summed E-state index contributed by atoms with van der Waals surface area (Å²) >= 11 is 0. The van der Waals surface area contributed by atoms with Crippen LogP contribution in [0.15, 0.2) is 24.3 Å². The van der Waals surface area contributed by atoms with Gasteiger partial charge in [0.25, 0.3) is 0 Å². The summed E-state index contributed by atoms with van der Waals surface area (Å²) in [5.74, 6) is 0.320. The number of benzene rings is 1. The van der Waals surface area contributed by atoms with Gasteiger partial charge in [-0.3, -0.25) is 0 Å². The van der Waals surface area contributed by atoms with Crippen molar-refractivity contribution in [3.63, 3.8) is 0 Å². The van der Waals surface area contributed by atoms with Crippen LogP contribution in [0, 0.1) is 0 Å². The van der Waals surface area contributed by atoms with E-state index in [9.17, 15) is 13.2 Å². The molecule has 0 spiro atoms. The van der Waals surface area contributed by atoms with E-state index in [2.05, 4.69) is 0 Å². The maximum absolute atomic E-state index is 11.9. The first-order valence-corrected chi connectivity index (χ1v) is 4.90. The Labute approximate surface area is 93.1 Å². The highest BCUT2D eigenvalue weighted by atomic mass is 19.4. The van der Waals surface area contributed by atoms with Gasteiger partial charge in [0.05, 0.1) is 7.74 Å². The summed E-state index contributed by atoms with van der Waals surface area (Å²) in [4.78, 5) is 0. The molecule has 2 nitrogen and oxygen atoms in total. The van der Waals surface area contributed by atoms with Crippen LogP contribution in [0.2, 0.25) is 0 Å². The van der Waals surface area contributed by atoms with Crippen LogP contribution in [0.25, 0.3) is 0 Å². The number of hydrogen-bond donors (Lipinski definition) is 1. The highest BCUT2D eigenvalue weighted by molar-refractivity contribution is 6.97. The van der Waals surface area contributed by atoms with Crippen LogP contribution in [0.1, 0.15) is 0 Å². The number of aliphatic hydroxyl groups is 1. The minimum atomic E-state index is -4.64. The molecular weight excluding hydrogens is 219 g/mol. The van der Waals surface area contributed by atoms with E-state index in [0.717, 1.165) is 12.6 Å². The van der Waals surface area contributed by atoms with Gasteiger partial charge in [0.15, 0.2) is 6.10 Å². The topological polar surface area (TPSA) is 29.5 Å². The smallest absolute Gasteiger partial charge is 0.417 e. The lowest BCUT2D eigenvalue weighted by atomic mass is 9.51. The molecule has 1 unspecified atom stereocenters. The van der Waals surface area contributed by atoms with Gasteiger partial charge < -0.3 is 9.84 Å². The third-order valence-electron chi connectivity index (χ3n) is 2.12. The lowest BCUT2D eigenvalue weighted by molar-refractivity contribution is -0.210. The van der Waals surface area contributed by atoms with Crippen LogP contribution < -0.4 is 10.2 Å². The van der Waals surface area contributed by atoms with E-state index >= 15 is 0 Å². The molecule has 86 valence electrons. The summed E-state index contributed by atoms with van der Waals surface area (Å²) in [6.07, 6.45) is -7.08. The SMILES string of the molecule is BBc1ccc(OCC(O)C(F)(F)F)cc1. The Bertz CT molecular complexity index is 327. The van der Waals surface area contributed by atoms with Crippen LogP contribution in [-0.2, 0) is 0 Å². The van der Waals surface area contributed by atoms with Crippen LogP contribution in [0.4, 0.5) is 13.2 Å². The standard InChI is InChI=1S/C9H11B2F3O2/c10-11-6-1-3-7(4-2-6)16-5-8(15)9(12,13)14/h1-4,8,11,15H,5,10H2. The van der Waals surface area contributed by atoms with Crippen molar-refractivity contribution in [3.05, 3.63) is 24.3 Å². The van der Waals surface area contributed by atoms with Gasteiger partial charge in [0.1, 0.15) is 19.5 Å². The van der Waals surface area contributed by atoms with Crippen molar-refractivity contribution in [2.45, 2.75) is 12.3 Å². The van der Waals surface area contributed by atoms with Gasteiger partial charge in [-0.05, 0) is 12.1 Å². The molecule has 1 aromatic carbocycles. The summed E-state index contributed by atoms with van der Waals surface area (Å²) in [6, 6.07) is 6.72. The first-order valence-electron chi connectivity index (χ1n) is 4.90. The Balaban J connectivity index is 2.48. The van der Waals surface area contributed by atoms with Crippen molar-refractivity contribution in [3.8, 4) is 5.75 Å². The summed E-state index contributed by atoms with van der Waals surface area (Å²) < 4.78 is 40.6. The molecule has 0 amide bonds. The second kappa shape index (κ2) is 5.30. The van der Waals surface area contributed by atoms with Crippen molar-refractivity contribution in [1.29, 1.82) is 0 Å². The quantitative estimate of drug-likeness (QED) is 0.713. The second-order valence-electron chi connectivity index (χ2n) is 3.37. The highest BCUT2D eigenvalue weighted by Gasteiger charge is 2.38. The number of halogens is 3. The molecule has 1 N–H and O–H groups in total. The first-order chi connectivity index (χ1) is 7.43. The Morgan fingerprint density at radius 2 is 1.88 bits per heavy atom. The van der Waals surface area contributed by atoms with E-state index < -0.39 is 18.9 Å². The molecular formula is C9H11B2F3O2. The largest absolute Gasteiger partial charge is 0.491 e. The van der Waals surface area contributed by atoms with E-state index in [4.69, 9.17) is 9.84 Å². The van der Waals surface area contributed by atoms with E-state index in [0.29, 0.717) is 5.75 Å². The minimum Gasteiger partial charge on any atom is -0.491 e. The van der Waals surface area contributed by atoms with Gasteiger partial charge in [-0.25, -0.2) is 0 Å². The maximum atomic E-state index is 11.9. The van der Waals surface area contributed by atoms with Crippen LogP contribution in [-0.4, -0.2) is 38.9 Å². The molecule has 0 aromatic heterocycles. The summed E-state index contributed by atoms with van der Waals surface area (Å²) in [6.45, 7) is -0.783.